The van der Waals surface area contributed by atoms with Crippen LogP contribution >= 0.6 is 22.7 Å². The molecule has 8 nitrogen and oxygen atoms in total. The van der Waals surface area contributed by atoms with E-state index in [1.54, 1.807) is 0 Å². The molecule has 2 aromatic heterocycles. The molecule has 2 unspecified atom stereocenters. The van der Waals surface area contributed by atoms with Crippen LogP contribution in [0.15, 0.2) is 331 Å². The predicted molar refractivity (Wildman–Crippen MR) is 392 cm³/mol. The van der Waals surface area contributed by atoms with E-state index < -0.39 is 482 Å². The van der Waals surface area contributed by atoms with Gasteiger partial charge >= 0.3 is 0 Å². The molecule has 4 aliphatic heterocycles. The minimum Gasteiger partial charge on any atom is -0.310 e. The van der Waals surface area contributed by atoms with Crippen molar-refractivity contribution in [2.45, 2.75) is 19.7 Å². The molecule has 0 N–H and O–H groups in total. The molecule has 6 heterocycles. The number of anilines is 20. The Morgan fingerprint density at radius 3 is 1.06 bits per heavy atom. The zero-order valence-electron chi connectivity index (χ0n) is 99.5. The molecule has 0 bridgehead atoms. The molecule has 5 aliphatic rings. The van der Waals surface area contributed by atoms with Gasteiger partial charge in [-0.05, 0) is 139 Å². The van der Waals surface area contributed by atoms with E-state index in [0.29, 0.717) is 24.5 Å². The molecular formula is C83H58N8S2. The molecule has 0 saturated carbocycles. The summed E-state index contributed by atoms with van der Waals surface area (Å²) in [5, 5.41) is -3.13. The Morgan fingerprint density at radius 2 is 0.624 bits per heavy atom. The molecule has 0 amide bonds. The smallest absolute Gasteiger partial charge is 0.126 e. The van der Waals surface area contributed by atoms with E-state index in [1.165, 1.54) is 0 Å². The number of hydrogen-bond donors (Lipinski definition) is 0. The van der Waals surface area contributed by atoms with Crippen molar-refractivity contribution in [3.63, 3.8) is 0 Å². The first-order valence-corrected chi connectivity index (χ1v) is 29.0. The van der Waals surface area contributed by atoms with Crippen LogP contribution in [0.2, 0.25) is 0 Å². The van der Waals surface area contributed by atoms with E-state index in [-0.39, 0.29) is 27.6 Å². The average Bonchev–Trinajstić information content (AvgIpc) is 1.32. The summed E-state index contributed by atoms with van der Waals surface area (Å²) in [6.07, 6.45) is -6.18. The molecule has 2 atom stereocenters. The summed E-state index contributed by atoms with van der Waals surface area (Å²) in [5.41, 5.74) is -27.1. The van der Waals surface area contributed by atoms with Crippen LogP contribution in [0.25, 0.3) is 20.2 Å². The number of hydrogen-bond acceptors (Lipinski definition) is 10. The number of fused-ring (bicyclic) bond motifs is 10. The maximum Gasteiger partial charge on any atom is 0.126 e. The van der Waals surface area contributed by atoms with Crippen molar-refractivity contribution in [1.29, 1.82) is 0 Å². The van der Waals surface area contributed by atoms with Gasteiger partial charge in [0.2, 0.25) is 0 Å². The third-order valence-corrected chi connectivity index (χ3v) is 17.4. The number of thiophene rings is 2. The van der Waals surface area contributed by atoms with Gasteiger partial charge in [0.05, 0.1) is 138 Å². The van der Waals surface area contributed by atoms with E-state index in [0.717, 1.165) is 16.7 Å². The number of para-hydroxylation sites is 8. The molecule has 12 aromatic carbocycles. The first-order valence-electron chi connectivity index (χ1n) is 54.0. The lowest BCUT2D eigenvalue weighted by Gasteiger charge is -2.53. The third kappa shape index (κ3) is 8.15. The van der Waals surface area contributed by atoms with Crippen LogP contribution < -0.4 is 39.2 Å². The second-order valence-electron chi connectivity index (χ2n) is 20.0. The molecule has 10 heteroatoms. The quantitative estimate of drug-likeness (QED) is 0.134. The Labute approximate surface area is 622 Å². The summed E-state index contributed by atoms with van der Waals surface area (Å²) in [5.74, 6) is 0. The van der Waals surface area contributed by atoms with Gasteiger partial charge in [0, 0.05) is 92.6 Å². The SMILES string of the molecule is [2H]c1c([2H])c([2H])c(N2C3=C(C([2H])C4=C(C3[2H])N(c3c([2H])c([2H])c([2H])c([2H])c3[2H])c3c(C)c(N(c5c([2H])c([2H])c([2H])c([2H])c5[2H])c5c([2H])c([2H])c([2H])c([2H])c5[2H])c([2H])c5c3N4c3sc4c([2H])c([2H])c([2H])c([2H])c4c3N5c3c([2H])c([2H])c([2H])c([2H])c3[2H])N3c4sc5c([2H])c([2H])c([2H])c([2H])c5c4N(c4c([2H])c([2H])c([2H])c([2H])c4[2H])c4c([2H])c(N(c5c([2H])c([2H])c([2H])c([2H])c5[2H])c5c([2H])c([2H])c([2H])c([2H])c5[2H])c([2H])c2c43)c([2H])c1[2H]. The second kappa shape index (κ2) is 21.3. The fourth-order valence-electron chi connectivity index (χ4n) is 11.8. The highest BCUT2D eigenvalue weighted by molar-refractivity contribution is 7.24. The lowest BCUT2D eigenvalue weighted by atomic mass is 9.88. The zero-order chi connectivity index (χ0) is 107. The van der Waals surface area contributed by atoms with E-state index in [2.05, 4.69) is 0 Å². The lowest BCUT2D eigenvalue weighted by molar-refractivity contribution is 0.794. The topological polar surface area (TPSA) is 25.9 Å². The normalized spacial score (nSPS) is 23.8. The third-order valence-electron chi connectivity index (χ3n) is 15.3. The van der Waals surface area contributed by atoms with Gasteiger partial charge in [-0.1, -0.05) is 181 Å². The fraction of sp³-hybridized carbons (Fsp3) is 0.0361. The van der Waals surface area contributed by atoms with Crippen LogP contribution in [0.4, 0.5) is 112 Å². The van der Waals surface area contributed by atoms with Crippen LogP contribution in [0.5, 0.6) is 0 Å². The van der Waals surface area contributed by atoms with Crippen LogP contribution in [0.3, 0.4) is 0 Å². The van der Waals surface area contributed by atoms with Crippen molar-refractivity contribution >= 4 is 155 Å². The van der Waals surface area contributed by atoms with Gasteiger partial charge in [-0.3, -0.25) is 9.80 Å². The number of nitrogens with zero attached hydrogens (tertiary/aromatic N) is 8. The van der Waals surface area contributed by atoms with Gasteiger partial charge < -0.3 is 29.4 Å². The van der Waals surface area contributed by atoms with Gasteiger partial charge in [0.25, 0.3) is 0 Å². The first kappa shape index (κ1) is 22.7. The minimum atomic E-state index is -3.16. The van der Waals surface area contributed by atoms with Gasteiger partial charge in [-0.2, -0.15) is 0 Å². The van der Waals surface area contributed by atoms with Gasteiger partial charge in [-0.15, -0.1) is 22.7 Å². The highest BCUT2D eigenvalue weighted by Gasteiger charge is 2.50. The summed E-state index contributed by atoms with van der Waals surface area (Å²) in [7, 11) is 0. The Hall–Kier alpha value is -11.6. The maximum atomic E-state index is 12.2. The van der Waals surface area contributed by atoms with E-state index in [9.17, 15) is 64.4 Å². The van der Waals surface area contributed by atoms with Crippen molar-refractivity contribution in [2.75, 3.05) is 39.2 Å². The number of rotatable bonds is 10. The monoisotopic (exact) mass is 1280 g/mol. The van der Waals surface area contributed by atoms with E-state index >= 15 is 0 Å². The Balaban J connectivity index is 1.12. The molecule has 19 rings (SSSR count). The maximum absolute atomic E-state index is 12.2. The van der Waals surface area contributed by atoms with Crippen LogP contribution in [-0.2, 0) is 0 Å². The Kier molecular flexibility index (Phi) is 5.19. The number of benzene rings is 12. The molecule has 0 spiro atoms. The summed E-state index contributed by atoms with van der Waals surface area (Å²) in [4.78, 5) is 4.38. The largest absolute Gasteiger partial charge is 0.310 e. The summed E-state index contributed by atoms with van der Waals surface area (Å²) in [6.45, 7) is 0.944. The fourth-order valence-corrected chi connectivity index (χ4v) is 14.0. The molecule has 442 valence electrons. The van der Waals surface area contributed by atoms with Crippen LogP contribution in [0, 0.1) is 6.92 Å². The van der Waals surface area contributed by atoms with Crippen LogP contribution in [0.1, 0.15) is 91.0 Å². The van der Waals surface area contributed by atoms with Gasteiger partial charge in [0.15, 0.2) is 0 Å². The molecule has 14 aromatic rings. The molecule has 0 saturated heterocycles. The van der Waals surface area contributed by atoms with E-state index in [4.69, 9.17) is 8.22 Å². The van der Waals surface area contributed by atoms with Gasteiger partial charge in [0.1, 0.15) is 10.0 Å². The Bertz CT molecular complexity index is 7790. The van der Waals surface area contributed by atoms with Crippen molar-refractivity contribution in [3.8, 4) is 0 Å². The second-order valence-corrected chi connectivity index (χ2v) is 22.0. The predicted octanol–water partition coefficient (Wildman–Crippen LogP) is 24.4. The highest BCUT2D eigenvalue weighted by atomic mass is 32.1. The summed E-state index contributed by atoms with van der Waals surface area (Å²) < 4.78 is 519. The molecular weight excluding hydrogens is 1170 g/mol. The first-order chi connectivity index (χ1) is 68.1. The lowest BCUT2D eigenvalue weighted by Crippen LogP contribution is -2.42. The summed E-state index contributed by atoms with van der Waals surface area (Å²) in [6, 6.07) is -65.8. The van der Waals surface area contributed by atoms with Crippen molar-refractivity contribution in [1.82, 2.24) is 0 Å². The van der Waals surface area contributed by atoms with Crippen molar-refractivity contribution in [3.05, 3.63) is 337 Å². The molecule has 1 aliphatic carbocycles. The Morgan fingerprint density at radius 1 is 0.301 bits per heavy atom. The van der Waals surface area contributed by atoms with E-state index in [1.807, 2.05) is 0 Å². The van der Waals surface area contributed by atoms with Crippen molar-refractivity contribution < 1.29 is 72.7 Å². The molecule has 93 heavy (non-hydrogen) atoms. The van der Waals surface area contributed by atoms with Crippen molar-refractivity contribution in [2.24, 2.45) is 0 Å². The average molecular weight is 1280 g/mol. The van der Waals surface area contributed by atoms with Crippen LogP contribution in [-0.4, -0.2) is 0 Å². The summed E-state index contributed by atoms with van der Waals surface area (Å²) >= 11 is 0.510. The minimum absolute atomic E-state index is 0.190. The standard InChI is InChI=1S/C83H58N8S2/c1-55-67(85(58-34-14-4-15-35-58)59-36-16-5-17-37-59)52-74-81-77(55)87(61-40-20-7-21-41-61)69-53-68-70(54-71(69)91(81)83-79(66-47-27-29-49-76(66)93-83)89(74)63-44-24-9-25-45-63)90-80-72(86(68)60-38-18-6-19-39-60)50-64(84(56-30-10-2-11-31-56)57-32-12-3-13-33-57)51-73(80)88(62-42-22-8-23-43-62)78-65-46-26-28-48-75(65)92-82(78)90/h2-52H,53-54H2,1H3/i2D,3D,4D,5D,6D,7D,8D,9D,10D,11D,12D,13D,14D,15D,16D,17D,18D,19D,20D,21D,22D,23D,24D,25D,26D,27D,28D,29D,30D,31D,32D,33D,34D,35D,36D,37D,38D,39D,40D,41D,42D,43D,44D,45D,46D,47D,48D,49D,50D,51D,52D,53D,54D. The van der Waals surface area contributed by atoms with Gasteiger partial charge in [-0.25, -0.2) is 0 Å². The highest BCUT2D eigenvalue weighted by Crippen LogP contribution is 2.70. The molecule has 0 fully saturated rings. The zero-order valence-corrected chi connectivity index (χ0v) is 48.2. The molecule has 0 radical (unpaired) electrons.